The van der Waals surface area contributed by atoms with Crippen LogP contribution in [-0.2, 0) is 0 Å². The molecule has 2 atom stereocenters. The SMILES string of the molecule is CNC(CN1CC[C@@H](O)C1)c1cccc(-c2noc(C)n2)c1. The minimum atomic E-state index is -0.189. The lowest BCUT2D eigenvalue weighted by molar-refractivity contribution is 0.173. The summed E-state index contributed by atoms with van der Waals surface area (Å²) in [4.78, 5) is 6.57. The maximum Gasteiger partial charge on any atom is 0.223 e. The van der Waals surface area contributed by atoms with Crippen molar-refractivity contribution in [2.24, 2.45) is 0 Å². The molecule has 1 aromatic heterocycles. The molecule has 0 saturated carbocycles. The summed E-state index contributed by atoms with van der Waals surface area (Å²) in [6, 6.07) is 8.40. The minimum Gasteiger partial charge on any atom is -0.392 e. The van der Waals surface area contributed by atoms with E-state index >= 15 is 0 Å². The number of aryl methyl sites for hydroxylation is 1. The fourth-order valence-corrected chi connectivity index (χ4v) is 2.91. The Bertz CT molecular complexity index is 628. The van der Waals surface area contributed by atoms with Gasteiger partial charge in [0.05, 0.1) is 6.10 Å². The lowest BCUT2D eigenvalue weighted by Gasteiger charge is -2.23. The van der Waals surface area contributed by atoms with Gasteiger partial charge >= 0.3 is 0 Å². The Morgan fingerprint density at radius 1 is 1.50 bits per heavy atom. The predicted octanol–water partition coefficient (Wildman–Crippen LogP) is 1.37. The Balaban J connectivity index is 1.77. The van der Waals surface area contributed by atoms with Crippen LogP contribution in [0.2, 0.25) is 0 Å². The number of hydrogen-bond acceptors (Lipinski definition) is 6. The van der Waals surface area contributed by atoms with Crippen LogP contribution >= 0.6 is 0 Å². The molecule has 118 valence electrons. The van der Waals surface area contributed by atoms with Crippen molar-refractivity contribution >= 4 is 0 Å². The molecule has 2 heterocycles. The third kappa shape index (κ3) is 3.35. The van der Waals surface area contributed by atoms with Gasteiger partial charge < -0.3 is 14.9 Å². The van der Waals surface area contributed by atoms with Crippen LogP contribution in [0.25, 0.3) is 11.4 Å². The molecule has 2 aromatic rings. The molecular weight excluding hydrogens is 280 g/mol. The second-order valence-corrected chi connectivity index (χ2v) is 5.81. The first kappa shape index (κ1) is 15.1. The number of β-amino-alcohol motifs (C(OH)–C–C–N with tert-alkyl or cyclic N) is 1. The van der Waals surface area contributed by atoms with Gasteiger partial charge in [-0.2, -0.15) is 4.98 Å². The summed E-state index contributed by atoms with van der Waals surface area (Å²) in [5, 5.41) is 17.0. The van der Waals surface area contributed by atoms with Crippen LogP contribution in [0.3, 0.4) is 0 Å². The van der Waals surface area contributed by atoms with Gasteiger partial charge in [0.1, 0.15) is 0 Å². The van der Waals surface area contributed by atoms with Crippen LogP contribution in [0.5, 0.6) is 0 Å². The molecule has 1 fully saturated rings. The summed E-state index contributed by atoms with van der Waals surface area (Å²) in [7, 11) is 1.96. The van der Waals surface area contributed by atoms with Crippen LogP contribution in [0, 0.1) is 6.92 Å². The van der Waals surface area contributed by atoms with Gasteiger partial charge in [0.25, 0.3) is 0 Å². The Labute approximate surface area is 130 Å². The molecule has 0 radical (unpaired) electrons. The van der Waals surface area contributed by atoms with E-state index in [4.69, 9.17) is 4.52 Å². The number of nitrogens with zero attached hydrogens (tertiary/aromatic N) is 3. The molecule has 6 heteroatoms. The van der Waals surface area contributed by atoms with Crippen molar-refractivity contribution < 1.29 is 9.63 Å². The number of likely N-dealkylation sites (N-methyl/N-ethyl adjacent to an activating group) is 1. The fraction of sp³-hybridized carbons (Fsp3) is 0.500. The van der Waals surface area contributed by atoms with Gasteiger partial charge in [0.15, 0.2) is 0 Å². The van der Waals surface area contributed by atoms with Crippen molar-refractivity contribution in [3.63, 3.8) is 0 Å². The minimum absolute atomic E-state index is 0.189. The second-order valence-electron chi connectivity index (χ2n) is 5.81. The zero-order valence-corrected chi connectivity index (χ0v) is 13.0. The smallest absolute Gasteiger partial charge is 0.223 e. The molecule has 3 rings (SSSR count). The van der Waals surface area contributed by atoms with E-state index in [-0.39, 0.29) is 12.1 Å². The van der Waals surface area contributed by atoms with Crippen LogP contribution in [0.15, 0.2) is 28.8 Å². The lowest BCUT2D eigenvalue weighted by atomic mass is 10.0. The molecule has 0 aliphatic carbocycles. The molecule has 0 amide bonds. The number of likely N-dealkylation sites (tertiary alicyclic amines) is 1. The summed E-state index contributed by atoms with van der Waals surface area (Å²) in [6.07, 6.45) is 0.671. The standard InChI is InChI=1S/C16H22N4O2/c1-11-18-16(19-22-11)13-5-3-4-12(8-13)15(17-2)10-20-7-6-14(21)9-20/h3-5,8,14-15,17,21H,6-7,9-10H2,1-2H3/t14-,15?/m1/s1. The van der Waals surface area contributed by atoms with Gasteiger partial charge in [-0.1, -0.05) is 23.4 Å². The molecule has 22 heavy (non-hydrogen) atoms. The first-order valence-corrected chi connectivity index (χ1v) is 7.64. The zero-order valence-electron chi connectivity index (χ0n) is 13.0. The second kappa shape index (κ2) is 6.56. The number of aliphatic hydroxyl groups excluding tert-OH is 1. The third-order valence-corrected chi connectivity index (χ3v) is 4.11. The van der Waals surface area contributed by atoms with Gasteiger partial charge in [0, 0.05) is 38.2 Å². The number of rotatable bonds is 5. The highest BCUT2D eigenvalue weighted by Crippen LogP contribution is 2.23. The first-order valence-electron chi connectivity index (χ1n) is 7.64. The van der Waals surface area contributed by atoms with Gasteiger partial charge in [-0.05, 0) is 25.1 Å². The Hall–Kier alpha value is -1.76. The number of benzene rings is 1. The molecule has 2 N–H and O–H groups in total. The largest absolute Gasteiger partial charge is 0.392 e. The van der Waals surface area contributed by atoms with Crippen LogP contribution in [0.4, 0.5) is 0 Å². The predicted molar refractivity (Wildman–Crippen MR) is 83.3 cm³/mol. The molecule has 0 bridgehead atoms. The highest BCUT2D eigenvalue weighted by molar-refractivity contribution is 5.55. The van der Waals surface area contributed by atoms with E-state index < -0.39 is 0 Å². The van der Waals surface area contributed by atoms with Crippen LogP contribution < -0.4 is 5.32 Å². The first-order chi connectivity index (χ1) is 10.7. The molecule has 1 unspecified atom stereocenters. The fourth-order valence-electron chi connectivity index (χ4n) is 2.91. The monoisotopic (exact) mass is 302 g/mol. The molecule has 1 aliphatic heterocycles. The average molecular weight is 302 g/mol. The maximum atomic E-state index is 9.66. The van der Waals surface area contributed by atoms with Crippen molar-refractivity contribution in [1.82, 2.24) is 20.4 Å². The van der Waals surface area contributed by atoms with Crippen molar-refractivity contribution in [1.29, 1.82) is 0 Å². The Kier molecular flexibility index (Phi) is 4.52. The number of hydrogen-bond donors (Lipinski definition) is 2. The highest BCUT2D eigenvalue weighted by Gasteiger charge is 2.23. The summed E-state index contributed by atoms with van der Waals surface area (Å²) in [5.74, 6) is 1.18. The van der Waals surface area contributed by atoms with Crippen molar-refractivity contribution in [3.8, 4) is 11.4 Å². The van der Waals surface area contributed by atoms with Crippen molar-refractivity contribution in [3.05, 3.63) is 35.7 Å². The van der Waals surface area contributed by atoms with Gasteiger partial charge in [-0.25, -0.2) is 0 Å². The highest BCUT2D eigenvalue weighted by atomic mass is 16.5. The van der Waals surface area contributed by atoms with E-state index in [1.54, 1.807) is 6.92 Å². The number of aromatic nitrogens is 2. The number of nitrogens with one attached hydrogen (secondary N) is 1. The molecule has 6 nitrogen and oxygen atoms in total. The summed E-state index contributed by atoms with van der Waals surface area (Å²) in [6.45, 7) is 4.36. The Morgan fingerprint density at radius 2 is 2.36 bits per heavy atom. The molecule has 0 spiro atoms. The quantitative estimate of drug-likeness (QED) is 0.869. The number of aliphatic hydroxyl groups is 1. The van der Waals surface area contributed by atoms with Crippen LogP contribution in [-0.4, -0.2) is 52.9 Å². The molecule has 1 aliphatic rings. The average Bonchev–Trinajstić information content (AvgIpc) is 3.13. The van der Waals surface area contributed by atoms with Crippen molar-refractivity contribution in [2.75, 3.05) is 26.7 Å². The van der Waals surface area contributed by atoms with E-state index in [0.717, 1.165) is 31.6 Å². The molecular formula is C16H22N4O2. The van der Waals surface area contributed by atoms with E-state index in [9.17, 15) is 5.11 Å². The van der Waals surface area contributed by atoms with E-state index in [0.29, 0.717) is 11.7 Å². The summed E-state index contributed by atoms with van der Waals surface area (Å²) < 4.78 is 5.05. The van der Waals surface area contributed by atoms with Gasteiger partial charge in [0.2, 0.25) is 11.7 Å². The van der Waals surface area contributed by atoms with E-state index in [2.05, 4.69) is 32.5 Å². The zero-order chi connectivity index (χ0) is 15.5. The summed E-state index contributed by atoms with van der Waals surface area (Å²) >= 11 is 0. The normalized spacial score (nSPS) is 20.4. The summed E-state index contributed by atoms with van der Waals surface area (Å²) in [5.41, 5.74) is 2.14. The van der Waals surface area contributed by atoms with Gasteiger partial charge in [-0.15, -0.1) is 0 Å². The maximum absolute atomic E-state index is 9.66. The van der Waals surface area contributed by atoms with Crippen molar-refractivity contribution in [2.45, 2.75) is 25.5 Å². The third-order valence-electron chi connectivity index (χ3n) is 4.11. The van der Waals surface area contributed by atoms with Crippen LogP contribution in [0.1, 0.15) is 23.9 Å². The molecule has 1 saturated heterocycles. The topological polar surface area (TPSA) is 74.4 Å². The Morgan fingerprint density at radius 3 is 3.00 bits per heavy atom. The molecule has 1 aromatic carbocycles. The lowest BCUT2D eigenvalue weighted by Crippen LogP contribution is -2.33. The van der Waals surface area contributed by atoms with E-state index in [1.807, 2.05) is 19.2 Å². The van der Waals surface area contributed by atoms with E-state index in [1.165, 1.54) is 5.56 Å². The van der Waals surface area contributed by atoms with Gasteiger partial charge in [-0.3, -0.25) is 4.90 Å².